The predicted molar refractivity (Wildman–Crippen MR) is 123 cm³/mol. The number of aromatic nitrogens is 2. The monoisotopic (exact) mass is 415 g/mol. The van der Waals surface area contributed by atoms with Crippen molar-refractivity contribution in [2.75, 3.05) is 19.5 Å². The van der Waals surface area contributed by atoms with Crippen molar-refractivity contribution in [1.29, 1.82) is 0 Å². The number of nitrogens with one attached hydrogen (secondary N) is 1. The van der Waals surface area contributed by atoms with Gasteiger partial charge in [-0.3, -0.25) is 4.79 Å². The van der Waals surface area contributed by atoms with Gasteiger partial charge in [0.05, 0.1) is 25.3 Å². The molecule has 1 N–H and O–H groups in total. The summed E-state index contributed by atoms with van der Waals surface area (Å²) in [6, 6.07) is 21.3. The molecule has 6 nitrogen and oxygen atoms in total. The van der Waals surface area contributed by atoms with Crippen LogP contribution in [0.5, 0.6) is 11.5 Å². The number of methoxy groups -OCH3 is 2. The first-order chi connectivity index (χ1) is 15.1. The van der Waals surface area contributed by atoms with Gasteiger partial charge in [0.25, 0.3) is 0 Å². The molecule has 6 heteroatoms. The molecule has 4 aromatic rings. The molecule has 1 aromatic heterocycles. The number of benzene rings is 3. The third kappa shape index (κ3) is 4.10. The molecule has 0 radical (unpaired) electrons. The minimum atomic E-state index is -0.106. The van der Waals surface area contributed by atoms with Crippen molar-refractivity contribution in [2.45, 2.75) is 19.9 Å². The van der Waals surface area contributed by atoms with Crippen LogP contribution in [0.4, 0.5) is 5.69 Å². The van der Waals surface area contributed by atoms with Gasteiger partial charge in [0.15, 0.2) is 11.5 Å². The van der Waals surface area contributed by atoms with E-state index in [1.807, 2.05) is 71.3 Å². The smallest absolute Gasteiger partial charge is 0.244 e. The number of fused-ring (bicyclic) bond motifs is 1. The highest BCUT2D eigenvalue weighted by Gasteiger charge is 2.17. The number of ether oxygens (including phenoxy) is 2. The van der Waals surface area contributed by atoms with Gasteiger partial charge < -0.3 is 19.4 Å². The molecular weight excluding hydrogens is 390 g/mol. The Kier molecular flexibility index (Phi) is 5.89. The van der Waals surface area contributed by atoms with Crippen molar-refractivity contribution in [3.05, 3.63) is 72.3 Å². The molecule has 0 unspecified atom stereocenters. The van der Waals surface area contributed by atoms with Crippen LogP contribution in [0.3, 0.4) is 0 Å². The van der Waals surface area contributed by atoms with Crippen molar-refractivity contribution in [2.24, 2.45) is 0 Å². The zero-order chi connectivity index (χ0) is 21.8. The normalized spacial score (nSPS) is 10.8. The van der Waals surface area contributed by atoms with Crippen LogP contribution in [0.2, 0.25) is 0 Å². The van der Waals surface area contributed by atoms with Crippen LogP contribution in [0, 0.1) is 0 Å². The van der Waals surface area contributed by atoms with Gasteiger partial charge in [-0.25, -0.2) is 4.98 Å². The van der Waals surface area contributed by atoms with Gasteiger partial charge in [0.2, 0.25) is 5.91 Å². The lowest BCUT2D eigenvalue weighted by Gasteiger charge is -2.13. The second-order valence-electron chi connectivity index (χ2n) is 7.14. The summed E-state index contributed by atoms with van der Waals surface area (Å²) < 4.78 is 12.7. The average molecular weight is 415 g/mol. The number of rotatable bonds is 7. The molecule has 0 aliphatic heterocycles. The highest BCUT2D eigenvalue weighted by molar-refractivity contribution is 5.93. The van der Waals surface area contributed by atoms with Crippen molar-refractivity contribution in [1.82, 2.24) is 9.55 Å². The summed E-state index contributed by atoms with van der Waals surface area (Å²) in [4.78, 5) is 17.8. The lowest BCUT2D eigenvalue weighted by molar-refractivity contribution is -0.116. The Hall–Kier alpha value is -3.80. The molecular formula is C25H25N3O3. The lowest BCUT2D eigenvalue weighted by atomic mass is 10.1. The average Bonchev–Trinajstić information content (AvgIpc) is 3.17. The Morgan fingerprint density at radius 3 is 2.48 bits per heavy atom. The summed E-state index contributed by atoms with van der Waals surface area (Å²) in [5.41, 5.74) is 4.51. The van der Waals surface area contributed by atoms with Gasteiger partial charge in [0, 0.05) is 11.3 Å². The number of amides is 1. The van der Waals surface area contributed by atoms with Crippen molar-refractivity contribution in [3.8, 4) is 22.9 Å². The molecule has 0 fully saturated rings. The Morgan fingerprint density at radius 1 is 0.968 bits per heavy atom. The zero-order valence-corrected chi connectivity index (χ0v) is 17.9. The van der Waals surface area contributed by atoms with Gasteiger partial charge in [-0.05, 0) is 48.4 Å². The number of para-hydroxylation sites is 3. The van der Waals surface area contributed by atoms with Crippen LogP contribution in [0.15, 0.2) is 66.7 Å². The van der Waals surface area contributed by atoms with Gasteiger partial charge >= 0.3 is 0 Å². The largest absolute Gasteiger partial charge is 0.493 e. The van der Waals surface area contributed by atoms with Gasteiger partial charge in [0.1, 0.15) is 12.4 Å². The first-order valence-corrected chi connectivity index (χ1v) is 10.2. The molecule has 0 spiro atoms. The van der Waals surface area contributed by atoms with E-state index in [1.165, 1.54) is 0 Å². The topological polar surface area (TPSA) is 65.4 Å². The minimum absolute atomic E-state index is 0.106. The molecule has 3 aromatic carbocycles. The first kappa shape index (κ1) is 20.5. The van der Waals surface area contributed by atoms with Crippen LogP contribution >= 0.6 is 0 Å². The van der Waals surface area contributed by atoms with E-state index in [-0.39, 0.29) is 12.5 Å². The Labute approximate surface area is 181 Å². The fraction of sp³-hybridized carbons (Fsp3) is 0.200. The molecule has 0 atom stereocenters. The molecule has 0 saturated carbocycles. The molecule has 4 rings (SSSR count). The third-order valence-corrected chi connectivity index (χ3v) is 5.27. The molecule has 31 heavy (non-hydrogen) atoms. The van der Waals surface area contributed by atoms with Crippen LogP contribution in [-0.4, -0.2) is 29.7 Å². The van der Waals surface area contributed by atoms with Crippen LogP contribution in [0.1, 0.15) is 12.5 Å². The highest BCUT2D eigenvalue weighted by Crippen LogP contribution is 2.33. The Morgan fingerprint density at radius 2 is 1.71 bits per heavy atom. The van der Waals surface area contributed by atoms with E-state index < -0.39 is 0 Å². The Balaban J connectivity index is 1.73. The van der Waals surface area contributed by atoms with Crippen LogP contribution < -0.4 is 14.8 Å². The molecule has 1 amide bonds. The summed E-state index contributed by atoms with van der Waals surface area (Å²) in [5, 5.41) is 3.05. The summed E-state index contributed by atoms with van der Waals surface area (Å²) in [6.07, 6.45) is 0.849. The van der Waals surface area contributed by atoms with Crippen LogP contribution in [-0.2, 0) is 17.8 Å². The minimum Gasteiger partial charge on any atom is -0.493 e. The number of carbonyl (C=O) groups is 1. The van der Waals surface area contributed by atoms with E-state index in [1.54, 1.807) is 14.2 Å². The van der Waals surface area contributed by atoms with E-state index >= 15 is 0 Å². The maximum atomic E-state index is 13.0. The number of hydrogen-bond donors (Lipinski definition) is 1. The van der Waals surface area contributed by atoms with E-state index in [9.17, 15) is 4.79 Å². The maximum Gasteiger partial charge on any atom is 0.244 e. The fourth-order valence-electron chi connectivity index (χ4n) is 3.72. The number of imidazole rings is 1. The maximum absolute atomic E-state index is 13.0. The van der Waals surface area contributed by atoms with Crippen molar-refractivity contribution in [3.63, 3.8) is 0 Å². The number of nitrogens with zero attached hydrogens (tertiary/aromatic N) is 2. The predicted octanol–water partition coefficient (Wildman–Crippen LogP) is 4.92. The van der Waals surface area contributed by atoms with Gasteiger partial charge in [-0.15, -0.1) is 0 Å². The zero-order valence-electron chi connectivity index (χ0n) is 17.9. The SMILES string of the molecule is CCc1ccccc1NC(=O)Cn1c(-c2ccc(OC)c(OC)c2)nc2ccccc21. The Bertz CT molecular complexity index is 1230. The number of carbonyl (C=O) groups excluding carboxylic acids is 1. The second-order valence-corrected chi connectivity index (χ2v) is 7.14. The summed E-state index contributed by atoms with van der Waals surface area (Å²) in [7, 11) is 3.20. The molecule has 1 heterocycles. The fourth-order valence-corrected chi connectivity index (χ4v) is 3.72. The second kappa shape index (κ2) is 8.92. The molecule has 0 aliphatic rings. The molecule has 0 saturated heterocycles. The van der Waals surface area contributed by atoms with E-state index in [4.69, 9.17) is 14.5 Å². The molecule has 0 aliphatic carbocycles. The number of aryl methyl sites for hydroxylation is 1. The van der Waals surface area contributed by atoms with E-state index in [2.05, 4.69) is 12.2 Å². The van der Waals surface area contributed by atoms with Gasteiger partial charge in [-0.2, -0.15) is 0 Å². The highest BCUT2D eigenvalue weighted by atomic mass is 16.5. The van der Waals surface area contributed by atoms with Crippen molar-refractivity contribution >= 4 is 22.6 Å². The summed E-state index contributed by atoms with van der Waals surface area (Å²) in [6.45, 7) is 2.21. The quantitative estimate of drug-likeness (QED) is 0.465. The molecule has 0 bridgehead atoms. The number of anilines is 1. The standard InChI is InChI=1S/C25H25N3O3/c1-4-17-9-5-6-10-19(17)26-24(29)16-28-21-12-8-7-11-20(21)27-25(28)18-13-14-22(30-2)23(15-18)31-3/h5-15H,4,16H2,1-3H3,(H,26,29). The third-order valence-electron chi connectivity index (χ3n) is 5.27. The summed E-state index contributed by atoms with van der Waals surface area (Å²) in [5.74, 6) is 1.84. The first-order valence-electron chi connectivity index (χ1n) is 10.2. The van der Waals surface area contributed by atoms with Crippen molar-refractivity contribution < 1.29 is 14.3 Å². The van der Waals surface area contributed by atoms with E-state index in [0.29, 0.717) is 17.3 Å². The van der Waals surface area contributed by atoms with Gasteiger partial charge in [-0.1, -0.05) is 37.3 Å². The van der Waals surface area contributed by atoms with E-state index in [0.717, 1.165) is 34.3 Å². The number of hydrogen-bond acceptors (Lipinski definition) is 4. The molecule has 158 valence electrons. The van der Waals surface area contributed by atoms with Crippen LogP contribution in [0.25, 0.3) is 22.4 Å². The summed E-state index contributed by atoms with van der Waals surface area (Å²) >= 11 is 0. The lowest BCUT2D eigenvalue weighted by Crippen LogP contribution is -2.20.